The Bertz CT molecular complexity index is 931. The number of aliphatic hydroxyl groups is 1. The molecule has 2 aromatic heterocycles. The Morgan fingerprint density at radius 2 is 2.08 bits per heavy atom. The molecule has 0 saturated heterocycles. The topological polar surface area (TPSA) is 87.8 Å². The van der Waals surface area contributed by atoms with E-state index in [1.54, 1.807) is 23.9 Å². The molecule has 0 amide bonds. The van der Waals surface area contributed by atoms with Crippen molar-refractivity contribution in [3.63, 3.8) is 0 Å². The number of thioether (sulfide) groups is 1. The standard InChI is InChI=1S/C18H17ClN4O2S/c1-9-15(10(2)25-23-9)14-7-13(17(26-14)18-20-8-21-22-18)16(24)11-3-5-12(19)6-4-11/h3-6,8,14,16,24H,7H2,1-2H3,(H,20,21,22). The summed E-state index contributed by atoms with van der Waals surface area (Å²) in [6.07, 6.45) is 1.40. The lowest BCUT2D eigenvalue weighted by atomic mass is 9.95. The molecule has 8 heteroatoms. The molecule has 1 aromatic carbocycles. The molecular weight excluding hydrogens is 372 g/mol. The highest BCUT2D eigenvalue weighted by Gasteiger charge is 2.35. The number of benzene rings is 1. The molecule has 1 aliphatic rings. The number of halogens is 1. The number of nitrogens with zero attached hydrogens (tertiary/aromatic N) is 3. The van der Waals surface area contributed by atoms with E-state index in [1.165, 1.54) is 6.33 Å². The molecule has 134 valence electrons. The van der Waals surface area contributed by atoms with E-state index in [1.807, 2.05) is 26.0 Å². The summed E-state index contributed by atoms with van der Waals surface area (Å²) >= 11 is 7.62. The average molecular weight is 389 g/mol. The van der Waals surface area contributed by atoms with Crippen molar-refractivity contribution in [1.29, 1.82) is 0 Å². The molecule has 2 unspecified atom stereocenters. The molecule has 1 aliphatic heterocycles. The zero-order valence-corrected chi connectivity index (χ0v) is 15.8. The van der Waals surface area contributed by atoms with Gasteiger partial charge in [-0.25, -0.2) is 4.98 Å². The maximum Gasteiger partial charge on any atom is 0.161 e. The second-order valence-corrected chi connectivity index (χ2v) is 7.84. The first-order chi connectivity index (χ1) is 12.5. The molecule has 0 spiro atoms. The molecule has 3 heterocycles. The third-order valence-electron chi connectivity index (χ3n) is 4.51. The van der Waals surface area contributed by atoms with Gasteiger partial charge in [-0.2, -0.15) is 5.10 Å². The lowest BCUT2D eigenvalue weighted by Gasteiger charge is -2.15. The minimum atomic E-state index is -0.745. The quantitative estimate of drug-likeness (QED) is 0.689. The highest BCUT2D eigenvalue weighted by atomic mass is 35.5. The Kier molecular flexibility index (Phi) is 4.60. The van der Waals surface area contributed by atoms with E-state index in [4.69, 9.17) is 16.1 Å². The predicted molar refractivity (Wildman–Crippen MR) is 101 cm³/mol. The van der Waals surface area contributed by atoms with Gasteiger partial charge in [0.25, 0.3) is 0 Å². The fraction of sp³-hybridized carbons (Fsp3) is 0.278. The van der Waals surface area contributed by atoms with Gasteiger partial charge in [-0.1, -0.05) is 28.9 Å². The first-order valence-corrected chi connectivity index (χ1v) is 9.42. The first kappa shape index (κ1) is 17.3. The summed E-state index contributed by atoms with van der Waals surface area (Å²) in [6.45, 7) is 3.85. The largest absolute Gasteiger partial charge is 0.384 e. The lowest BCUT2D eigenvalue weighted by Crippen LogP contribution is -2.03. The number of rotatable bonds is 4. The zero-order chi connectivity index (χ0) is 18.3. The molecule has 0 aliphatic carbocycles. The van der Waals surface area contributed by atoms with Crippen molar-refractivity contribution in [2.75, 3.05) is 0 Å². The van der Waals surface area contributed by atoms with Crippen LogP contribution in [0.3, 0.4) is 0 Å². The highest BCUT2D eigenvalue weighted by molar-refractivity contribution is 8.08. The summed E-state index contributed by atoms with van der Waals surface area (Å²) in [4.78, 5) is 5.19. The SMILES string of the molecule is Cc1noc(C)c1C1CC(C(O)c2ccc(Cl)cc2)=C(c2ncn[nH]2)S1. The molecule has 4 rings (SSSR count). The molecule has 6 nitrogen and oxygen atoms in total. The van der Waals surface area contributed by atoms with Crippen molar-refractivity contribution in [3.8, 4) is 0 Å². The van der Waals surface area contributed by atoms with Gasteiger partial charge in [-0.05, 0) is 43.5 Å². The van der Waals surface area contributed by atoms with Crippen LogP contribution >= 0.6 is 23.4 Å². The Hall–Kier alpha value is -2.09. The van der Waals surface area contributed by atoms with E-state index in [-0.39, 0.29) is 5.25 Å². The number of hydrogen-bond acceptors (Lipinski definition) is 6. The van der Waals surface area contributed by atoms with E-state index < -0.39 is 6.10 Å². The number of nitrogens with one attached hydrogen (secondary N) is 1. The molecule has 2 N–H and O–H groups in total. The smallest absolute Gasteiger partial charge is 0.161 e. The van der Waals surface area contributed by atoms with Gasteiger partial charge in [0.2, 0.25) is 0 Å². The van der Waals surface area contributed by atoms with Crippen LogP contribution in [-0.4, -0.2) is 25.4 Å². The van der Waals surface area contributed by atoms with Crippen LogP contribution in [0.2, 0.25) is 5.02 Å². The maximum atomic E-state index is 11.0. The van der Waals surface area contributed by atoms with E-state index in [9.17, 15) is 5.11 Å². The second-order valence-electron chi connectivity index (χ2n) is 6.19. The van der Waals surface area contributed by atoms with Crippen molar-refractivity contribution in [1.82, 2.24) is 20.3 Å². The van der Waals surface area contributed by atoms with Crippen LogP contribution in [0.4, 0.5) is 0 Å². The Balaban J connectivity index is 1.73. The van der Waals surface area contributed by atoms with Gasteiger partial charge in [0, 0.05) is 15.8 Å². The highest BCUT2D eigenvalue weighted by Crippen LogP contribution is 2.55. The summed E-state index contributed by atoms with van der Waals surface area (Å²) in [7, 11) is 0. The number of aromatic nitrogens is 4. The fourth-order valence-electron chi connectivity index (χ4n) is 3.27. The van der Waals surface area contributed by atoms with Crippen LogP contribution in [0.1, 0.15) is 46.2 Å². The number of H-pyrrole nitrogens is 1. The van der Waals surface area contributed by atoms with Crippen LogP contribution in [0, 0.1) is 13.8 Å². The summed E-state index contributed by atoms with van der Waals surface area (Å²) in [5.74, 6) is 1.46. The van der Waals surface area contributed by atoms with Gasteiger partial charge >= 0.3 is 0 Å². The van der Waals surface area contributed by atoms with Gasteiger partial charge < -0.3 is 9.63 Å². The molecular formula is C18H17ClN4O2S. The average Bonchev–Trinajstić information content (AvgIpc) is 3.35. The van der Waals surface area contributed by atoms with E-state index in [0.29, 0.717) is 17.3 Å². The third-order valence-corrected chi connectivity index (χ3v) is 6.14. The van der Waals surface area contributed by atoms with Gasteiger partial charge in [-0.15, -0.1) is 11.8 Å². The van der Waals surface area contributed by atoms with Crippen LogP contribution in [0.5, 0.6) is 0 Å². The minimum absolute atomic E-state index is 0.110. The lowest BCUT2D eigenvalue weighted by molar-refractivity contribution is 0.212. The summed E-state index contributed by atoms with van der Waals surface area (Å²) in [6, 6.07) is 7.24. The fourth-order valence-corrected chi connectivity index (χ4v) is 4.95. The van der Waals surface area contributed by atoms with Crippen molar-refractivity contribution < 1.29 is 9.63 Å². The van der Waals surface area contributed by atoms with E-state index in [2.05, 4.69) is 20.3 Å². The summed E-state index contributed by atoms with van der Waals surface area (Å²) < 4.78 is 5.33. The monoisotopic (exact) mass is 388 g/mol. The molecule has 0 saturated carbocycles. The predicted octanol–water partition coefficient (Wildman–Crippen LogP) is 4.39. The Labute approximate surface area is 159 Å². The minimum Gasteiger partial charge on any atom is -0.384 e. The molecule has 0 fully saturated rings. The number of aryl methyl sites for hydroxylation is 2. The normalized spacial score (nSPS) is 18.5. The Morgan fingerprint density at radius 1 is 1.31 bits per heavy atom. The third kappa shape index (κ3) is 3.06. The van der Waals surface area contributed by atoms with E-state index in [0.717, 1.165) is 33.1 Å². The second kappa shape index (κ2) is 6.90. The van der Waals surface area contributed by atoms with E-state index >= 15 is 0 Å². The maximum absolute atomic E-state index is 11.0. The zero-order valence-electron chi connectivity index (χ0n) is 14.2. The van der Waals surface area contributed by atoms with Crippen molar-refractivity contribution in [2.45, 2.75) is 31.6 Å². The summed E-state index contributed by atoms with van der Waals surface area (Å²) in [5.41, 5.74) is 3.64. The van der Waals surface area contributed by atoms with Crippen LogP contribution < -0.4 is 0 Å². The Morgan fingerprint density at radius 3 is 2.69 bits per heavy atom. The van der Waals surface area contributed by atoms with Gasteiger partial charge in [-0.3, -0.25) is 5.10 Å². The van der Waals surface area contributed by atoms with Crippen molar-refractivity contribution >= 4 is 28.3 Å². The van der Waals surface area contributed by atoms with Crippen LogP contribution in [0.25, 0.3) is 4.91 Å². The van der Waals surface area contributed by atoms with Gasteiger partial charge in [0.05, 0.1) is 10.6 Å². The number of aromatic amines is 1. The van der Waals surface area contributed by atoms with Gasteiger partial charge in [0.15, 0.2) is 5.82 Å². The van der Waals surface area contributed by atoms with Crippen molar-refractivity contribution in [2.24, 2.45) is 0 Å². The molecule has 3 aromatic rings. The van der Waals surface area contributed by atoms with Crippen LogP contribution in [-0.2, 0) is 0 Å². The van der Waals surface area contributed by atoms with Gasteiger partial charge in [0.1, 0.15) is 18.2 Å². The molecule has 26 heavy (non-hydrogen) atoms. The van der Waals surface area contributed by atoms with Crippen molar-refractivity contribution in [3.05, 3.63) is 69.6 Å². The molecule has 0 radical (unpaired) electrons. The number of aliphatic hydroxyl groups excluding tert-OH is 1. The summed E-state index contributed by atoms with van der Waals surface area (Å²) in [5, 5.41) is 22.7. The molecule has 0 bridgehead atoms. The van der Waals surface area contributed by atoms with Crippen LogP contribution in [0.15, 0.2) is 40.7 Å². The first-order valence-electron chi connectivity index (χ1n) is 8.16. The number of hydrogen-bond donors (Lipinski definition) is 2. The molecule has 2 atom stereocenters.